The summed E-state index contributed by atoms with van der Waals surface area (Å²) < 4.78 is 0. The quantitative estimate of drug-likeness (QED) is 0.900. The average Bonchev–Trinajstić information content (AvgIpc) is 2.49. The minimum Gasteiger partial charge on any atom is -0.354 e. The molecule has 1 aromatic rings. The van der Waals surface area contributed by atoms with Crippen molar-refractivity contribution in [3.8, 4) is 0 Å². The fourth-order valence-electron chi connectivity index (χ4n) is 3.03. The van der Waals surface area contributed by atoms with Gasteiger partial charge in [0.25, 0.3) is 0 Å². The standard InChI is InChI=1S/C15H20ClN3O/c16-14-4-2-1-3-12(14)9-15(20)17-10-13-11-18-5-7-19(13)8-6-18/h1-4,13H,5-11H2,(H,17,20). The smallest absolute Gasteiger partial charge is 0.224 e. The number of rotatable bonds is 4. The first-order chi connectivity index (χ1) is 9.72. The van der Waals surface area contributed by atoms with Gasteiger partial charge in [0.05, 0.1) is 6.42 Å². The van der Waals surface area contributed by atoms with Crippen LogP contribution in [0.15, 0.2) is 24.3 Å². The van der Waals surface area contributed by atoms with E-state index in [2.05, 4.69) is 15.1 Å². The van der Waals surface area contributed by atoms with E-state index in [0.717, 1.165) is 31.7 Å². The van der Waals surface area contributed by atoms with Crippen LogP contribution in [0.3, 0.4) is 0 Å². The van der Waals surface area contributed by atoms with Gasteiger partial charge in [-0.05, 0) is 11.6 Å². The summed E-state index contributed by atoms with van der Waals surface area (Å²) in [5.74, 6) is 0.0516. The molecular formula is C15H20ClN3O. The van der Waals surface area contributed by atoms with E-state index in [-0.39, 0.29) is 5.91 Å². The molecule has 3 aliphatic rings. The van der Waals surface area contributed by atoms with Crippen molar-refractivity contribution in [2.24, 2.45) is 0 Å². The van der Waals surface area contributed by atoms with Gasteiger partial charge >= 0.3 is 0 Å². The molecule has 3 aliphatic heterocycles. The molecule has 0 saturated carbocycles. The van der Waals surface area contributed by atoms with Crippen LogP contribution in [0.25, 0.3) is 0 Å². The molecule has 2 bridgehead atoms. The Kier molecular flexibility index (Phi) is 4.24. The van der Waals surface area contributed by atoms with E-state index < -0.39 is 0 Å². The number of fused-ring (bicyclic) bond motifs is 3. The van der Waals surface area contributed by atoms with Gasteiger partial charge in [-0.15, -0.1) is 0 Å². The van der Waals surface area contributed by atoms with Crippen LogP contribution in [0.4, 0.5) is 0 Å². The van der Waals surface area contributed by atoms with Crippen LogP contribution in [-0.2, 0) is 11.2 Å². The second-order valence-electron chi connectivity index (χ2n) is 5.56. The molecule has 0 spiro atoms. The van der Waals surface area contributed by atoms with Crippen molar-refractivity contribution >= 4 is 17.5 Å². The molecule has 1 aromatic carbocycles. The maximum atomic E-state index is 12.0. The molecule has 0 aliphatic carbocycles. The molecule has 108 valence electrons. The summed E-state index contributed by atoms with van der Waals surface area (Å²) in [7, 11) is 0. The fourth-order valence-corrected chi connectivity index (χ4v) is 3.23. The molecule has 3 fully saturated rings. The number of amides is 1. The first kappa shape index (κ1) is 13.9. The van der Waals surface area contributed by atoms with Crippen molar-refractivity contribution in [3.63, 3.8) is 0 Å². The average molecular weight is 294 g/mol. The number of hydrogen-bond acceptors (Lipinski definition) is 3. The first-order valence-corrected chi connectivity index (χ1v) is 7.56. The Balaban J connectivity index is 1.49. The highest BCUT2D eigenvalue weighted by molar-refractivity contribution is 6.31. The van der Waals surface area contributed by atoms with Gasteiger partial charge in [0, 0.05) is 50.3 Å². The monoisotopic (exact) mass is 293 g/mol. The Morgan fingerprint density at radius 2 is 2.00 bits per heavy atom. The van der Waals surface area contributed by atoms with Gasteiger partial charge < -0.3 is 5.32 Å². The van der Waals surface area contributed by atoms with Crippen LogP contribution < -0.4 is 5.32 Å². The molecule has 0 radical (unpaired) electrons. The Hall–Kier alpha value is -1.10. The lowest BCUT2D eigenvalue weighted by Crippen LogP contribution is -2.63. The van der Waals surface area contributed by atoms with Gasteiger partial charge in [-0.2, -0.15) is 0 Å². The van der Waals surface area contributed by atoms with Crippen molar-refractivity contribution in [2.45, 2.75) is 12.5 Å². The van der Waals surface area contributed by atoms with Crippen LogP contribution in [0.2, 0.25) is 5.02 Å². The van der Waals surface area contributed by atoms with Crippen LogP contribution in [0.5, 0.6) is 0 Å². The number of hydrogen-bond donors (Lipinski definition) is 1. The molecule has 4 rings (SSSR count). The Labute approximate surface area is 124 Å². The summed E-state index contributed by atoms with van der Waals surface area (Å²) >= 11 is 6.07. The normalized spacial score (nSPS) is 28.4. The molecule has 1 atom stereocenters. The molecule has 3 saturated heterocycles. The largest absolute Gasteiger partial charge is 0.354 e. The topological polar surface area (TPSA) is 35.6 Å². The van der Waals surface area contributed by atoms with Crippen molar-refractivity contribution < 1.29 is 4.79 Å². The predicted molar refractivity (Wildman–Crippen MR) is 80.0 cm³/mol. The number of carbonyl (C=O) groups is 1. The zero-order valence-corrected chi connectivity index (χ0v) is 12.3. The zero-order valence-electron chi connectivity index (χ0n) is 11.5. The lowest BCUT2D eigenvalue weighted by Gasteiger charge is -2.47. The first-order valence-electron chi connectivity index (χ1n) is 7.19. The van der Waals surface area contributed by atoms with Gasteiger partial charge in [-0.25, -0.2) is 0 Å². The van der Waals surface area contributed by atoms with Crippen molar-refractivity contribution in [1.29, 1.82) is 0 Å². The van der Waals surface area contributed by atoms with E-state index in [1.807, 2.05) is 24.3 Å². The third-order valence-corrected chi connectivity index (χ3v) is 4.60. The molecule has 1 N–H and O–H groups in total. The highest BCUT2D eigenvalue weighted by Crippen LogP contribution is 2.16. The summed E-state index contributed by atoms with van der Waals surface area (Å²) in [6.07, 6.45) is 0.357. The van der Waals surface area contributed by atoms with Crippen molar-refractivity contribution in [1.82, 2.24) is 15.1 Å². The van der Waals surface area contributed by atoms with E-state index in [0.29, 0.717) is 17.5 Å². The van der Waals surface area contributed by atoms with Crippen molar-refractivity contribution in [2.75, 3.05) is 39.3 Å². The summed E-state index contributed by atoms with van der Waals surface area (Å²) in [6, 6.07) is 7.98. The molecule has 1 amide bonds. The molecule has 20 heavy (non-hydrogen) atoms. The van der Waals surface area contributed by atoms with E-state index in [1.54, 1.807) is 0 Å². The molecule has 5 heteroatoms. The zero-order chi connectivity index (χ0) is 13.9. The van der Waals surface area contributed by atoms with E-state index in [4.69, 9.17) is 11.6 Å². The highest BCUT2D eigenvalue weighted by Gasteiger charge is 2.31. The number of benzene rings is 1. The predicted octanol–water partition coefficient (Wildman–Crippen LogP) is 0.998. The summed E-state index contributed by atoms with van der Waals surface area (Å²) in [5.41, 5.74) is 0.890. The van der Waals surface area contributed by atoms with Gasteiger partial charge in [0.2, 0.25) is 5.91 Å². The van der Waals surface area contributed by atoms with Crippen LogP contribution in [0.1, 0.15) is 5.56 Å². The molecule has 3 heterocycles. The summed E-state index contributed by atoms with van der Waals surface area (Å²) in [6.45, 7) is 6.41. The minimum atomic E-state index is 0.0516. The third-order valence-electron chi connectivity index (χ3n) is 4.24. The summed E-state index contributed by atoms with van der Waals surface area (Å²) in [4.78, 5) is 17.0. The third kappa shape index (κ3) is 3.14. The SMILES string of the molecule is O=C(Cc1ccccc1Cl)NCC1CN2CCN1CC2. The number of piperazine rings is 3. The van der Waals surface area contributed by atoms with E-state index >= 15 is 0 Å². The number of halogens is 1. The van der Waals surface area contributed by atoms with Crippen LogP contribution in [0, 0.1) is 0 Å². The van der Waals surface area contributed by atoms with Gasteiger partial charge in [-0.1, -0.05) is 29.8 Å². The van der Waals surface area contributed by atoms with Gasteiger partial charge in [0.1, 0.15) is 0 Å². The van der Waals surface area contributed by atoms with Crippen molar-refractivity contribution in [3.05, 3.63) is 34.9 Å². The molecule has 0 aromatic heterocycles. The Bertz CT molecular complexity index is 486. The minimum absolute atomic E-state index is 0.0516. The van der Waals surface area contributed by atoms with Crippen LogP contribution >= 0.6 is 11.6 Å². The molecule has 1 unspecified atom stereocenters. The lowest BCUT2D eigenvalue weighted by atomic mass is 10.1. The highest BCUT2D eigenvalue weighted by atomic mass is 35.5. The fraction of sp³-hybridized carbons (Fsp3) is 0.533. The Morgan fingerprint density at radius 1 is 1.25 bits per heavy atom. The Morgan fingerprint density at radius 3 is 2.65 bits per heavy atom. The number of nitrogens with one attached hydrogen (secondary N) is 1. The second kappa shape index (κ2) is 6.12. The van der Waals surface area contributed by atoms with Gasteiger partial charge in [0.15, 0.2) is 0 Å². The molecule has 4 nitrogen and oxygen atoms in total. The number of carbonyl (C=O) groups excluding carboxylic acids is 1. The molecular weight excluding hydrogens is 274 g/mol. The van der Waals surface area contributed by atoms with E-state index in [1.165, 1.54) is 13.1 Å². The maximum absolute atomic E-state index is 12.0. The summed E-state index contributed by atoms with van der Waals surface area (Å²) in [5, 5.41) is 3.71. The maximum Gasteiger partial charge on any atom is 0.224 e. The lowest BCUT2D eigenvalue weighted by molar-refractivity contribution is -0.121. The second-order valence-corrected chi connectivity index (χ2v) is 5.97. The van der Waals surface area contributed by atoms with E-state index in [9.17, 15) is 4.79 Å². The number of nitrogens with zero attached hydrogens (tertiary/aromatic N) is 2. The van der Waals surface area contributed by atoms with Gasteiger partial charge in [-0.3, -0.25) is 14.6 Å². The van der Waals surface area contributed by atoms with Crippen LogP contribution in [-0.4, -0.2) is 61.0 Å².